The van der Waals surface area contributed by atoms with E-state index < -0.39 is 5.60 Å². The number of carbonyl (C=O) groups is 1. The third-order valence-corrected chi connectivity index (χ3v) is 6.62. The predicted octanol–water partition coefficient (Wildman–Crippen LogP) is 3.70. The van der Waals surface area contributed by atoms with Crippen LogP contribution in [0.4, 0.5) is 10.6 Å². The van der Waals surface area contributed by atoms with Gasteiger partial charge >= 0.3 is 6.09 Å². The largest absolute Gasteiger partial charge is 0.444 e. The maximum absolute atomic E-state index is 12.3. The van der Waals surface area contributed by atoms with E-state index in [1.54, 1.807) is 0 Å². The summed E-state index contributed by atoms with van der Waals surface area (Å²) in [6.45, 7) is 9.11. The molecule has 8 heteroatoms. The number of rotatable bonds is 3. The number of halogens is 1. The first kappa shape index (κ1) is 21.3. The predicted molar refractivity (Wildman–Crippen MR) is 111 cm³/mol. The summed E-state index contributed by atoms with van der Waals surface area (Å²) in [5.74, 6) is 0.771. The Bertz CT molecular complexity index is 727. The number of aliphatic hydroxyl groups excluding tert-OH is 1. The quantitative estimate of drug-likeness (QED) is 0.723. The number of nitrogens with one attached hydrogen (secondary N) is 1. The lowest BCUT2D eigenvalue weighted by molar-refractivity contribution is 0.0442. The second-order valence-corrected chi connectivity index (χ2v) is 9.72. The van der Waals surface area contributed by atoms with Crippen LogP contribution in [-0.2, 0) is 11.3 Å². The van der Waals surface area contributed by atoms with Gasteiger partial charge in [-0.2, -0.15) is 0 Å². The van der Waals surface area contributed by atoms with Crippen molar-refractivity contribution in [1.29, 1.82) is 0 Å². The number of piperidine rings is 1. The maximum Gasteiger partial charge on any atom is 0.407 e. The SMILES string of the molecule is Cc1nc(N2CCC3(CCC[C@H]3NC(=O)OC(C)(C)C)CC2)c(CO)nc1Br. The molecule has 0 bridgehead atoms. The first-order valence-electron chi connectivity index (χ1n) is 10.0. The summed E-state index contributed by atoms with van der Waals surface area (Å²) in [6, 6.07) is 0.152. The van der Waals surface area contributed by atoms with Crippen molar-refractivity contribution < 1.29 is 14.6 Å². The summed E-state index contributed by atoms with van der Waals surface area (Å²) in [4.78, 5) is 23.6. The van der Waals surface area contributed by atoms with Crippen molar-refractivity contribution in [2.75, 3.05) is 18.0 Å². The lowest BCUT2D eigenvalue weighted by Gasteiger charge is -2.44. The monoisotopic (exact) mass is 454 g/mol. The minimum absolute atomic E-state index is 0.116. The molecule has 1 aliphatic carbocycles. The molecule has 1 aromatic heterocycles. The van der Waals surface area contributed by atoms with Crippen LogP contribution < -0.4 is 10.2 Å². The van der Waals surface area contributed by atoms with Crippen LogP contribution in [0.5, 0.6) is 0 Å². The van der Waals surface area contributed by atoms with Gasteiger partial charge < -0.3 is 20.1 Å². The molecule has 1 saturated carbocycles. The van der Waals surface area contributed by atoms with Gasteiger partial charge in [-0.1, -0.05) is 6.42 Å². The van der Waals surface area contributed by atoms with Crippen LogP contribution in [-0.4, -0.2) is 45.9 Å². The average Bonchev–Trinajstić information content (AvgIpc) is 2.98. The standard InChI is InChI=1S/C20H31BrN4O3/c1-13-16(21)23-14(12-26)17(22-13)25-10-8-20(9-11-25)7-5-6-15(20)24-18(27)28-19(2,3)4/h15,26H,5-12H2,1-4H3,(H,24,27)/t15-/m1/s1. The fourth-order valence-electron chi connectivity index (χ4n) is 4.45. The van der Waals surface area contributed by atoms with Crippen LogP contribution in [0.15, 0.2) is 4.60 Å². The summed E-state index contributed by atoms with van der Waals surface area (Å²) in [5.41, 5.74) is 1.05. The highest BCUT2D eigenvalue weighted by Gasteiger charge is 2.46. The molecule has 2 N–H and O–H groups in total. The van der Waals surface area contributed by atoms with Gasteiger partial charge in [-0.25, -0.2) is 14.8 Å². The van der Waals surface area contributed by atoms with Gasteiger partial charge in [0.25, 0.3) is 0 Å². The Balaban J connectivity index is 1.68. The number of ether oxygens (including phenoxy) is 1. The highest BCUT2D eigenvalue weighted by atomic mass is 79.9. The Labute approximate surface area is 175 Å². The van der Waals surface area contributed by atoms with Gasteiger partial charge in [0.15, 0.2) is 5.82 Å². The molecule has 0 aromatic carbocycles. The van der Waals surface area contributed by atoms with Crippen LogP contribution >= 0.6 is 15.9 Å². The molecule has 156 valence electrons. The van der Waals surface area contributed by atoms with E-state index in [0.717, 1.165) is 56.7 Å². The minimum atomic E-state index is -0.488. The smallest absolute Gasteiger partial charge is 0.407 e. The van der Waals surface area contributed by atoms with E-state index in [4.69, 9.17) is 4.74 Å². The van der Waals surface area contributed by atoms with E-state index in [1.165, 1.54) is 0 Å². The van der Waals surface area contributed by atoms with Crippen molar-refractivity contribution in [1.82, 2.24) is 15.3 Å². The molecule has 3 rings (SSSR count). The van der Waals surface area contributed by atoms with E-state index in [0.29, 0.717) is 10.3 Å². The molecule has 1 saturated heterocycles. The molecule has 1 atom stereocenters. The molecule has 7 nitrogen and oxygen atoms in total. The van der Waals surface area contributed by atoms with Gasteiger partial charge in [-0.3, -0.25) is 0 Å². The van der Waals surface area contributed by atoms with Gasteiger partial charge in [-0.15, -0.1) is 0 Å². The van der Waals surface area contributed by atoms with Crippen LogP contribution in [0.3, 0.4) is 0 Å². The Hall–Kier alpha value is -1.41. The van der Waals surface area contributed by atoms with E-state index in [9.17, 15) is 9.90 Å². The number of aliphatic hydroxyl groups is 1. The zero-order valence-electron chi connectivity index (χ0n) is 17.2. The summed E-state index contributed by atoms with van der Waals surface area (Å²) < 4.78 is 6.14. The van der Waals surface area contributed by atoms with Gasteiger partial charge in [0, 0.05) is 19.1 Å². The number of hydrogen-bond acceptors (Lipinski definition) is 6. The number of alkyl carbamates (subject to hydrolysis) is 1. The molecule has 2 heterocycles. The van der Waals surface area contributed by atoms with Crippen molar-refractivity contribution in [2.45, 2.75) is 78.0 Å². The number of aromatic nitrogens is 2. The van der Waals surface area contributed by atoms with Crippen molar-refractivity contribution in [3.05, 3.63) is 16.0 Å². The Morgan fingerprint density at radius 3 is 2.61 bits per heavy atom. The minimum Gasteiger partial charge on any atom is -0.444 e. The van der Waals surface area contributed by atoms with Gasteiger partial charge in [0.2, 0.25) is 0 Å². The number of carbonyl (C=O) groups excluding carboxylic acids is 1. The molecule has 0 radical (unpaired) electrons. The molecule has 1 amide bonds. The number of anilines is 1. The van der Waals surface area contributed by atoms with Crippen LogP contribution in [0.1, 0.15) is 64.3 Å². The second kappa shape index (κ2) is 8.14. The van der Waals surface area contributed by atoms with E-state index in [-0.39, 0.29) is 24.2 Å². The highest BCUT2D eigenvalue weighted by molar-refractivity contribution is 9.10. The van der Waals surface area contributed by atoms with E-state index in [1.807, 2.05) is 27.7 Å². The summed E-state index contributed by atoms with van der Waals surface area (Å²) >= 11 is 3.39. The molecular weight excluding hydrogens is 424 g/mol. The van der Waals surface area contributed by atoms with Crippen molar-refractivity contribution in [2.24, 2.45) is 5.41 Å². The second-order valence-electron chi connectivity index (χ2n) is 8.97. The normalized spacial score (nSPS) is 21.8. The van der Waals surface area contributed by atoms with Gasteiger partial charge in [-0.05, 0) is 74.7 Å². The zero-order chi connectivity index (χ0) is 20.5. The lowest BCUT2D eigenvalue weighted by Crippen LogP contribution is -2.51. The molecule has 1 spiro atoms. The fraction of sp³-hybridized carbons (Fsp3) is 0.750. The van der Waals surface area contributed by atoms with Crippen LogP contribution in [0.2, 0.25) is 0 Å². The molecule has 2 fully saturated rings. The Morgan fingerprint density at radius 1 is 1.32 bits per heavy atom. The molecule has 1 aromatic rings. The van der Waals surface area contributed by atoms with Crippen LogP contribution in [0, 0.1) is 12.3 Å². The summed E-state index contributed by atoms with van der Waals surface area (Å²) in [7, 11) is 0. The number of hydrogen-bond donors (Lipinski definition) is 2. The topological polar surface area (TPSA) is 87.6 Å². The Kier molecular flexibility index (Phi) is 6.20. The number of nitrogens with zero attached hydrogens (tertiary/aromatic N) is 3. The first-order chi connectivity index (χ1) is 13.1. The molecule has 1 aliphatic heterocycles. The highest BCUT2D eigenvalue weighted by Crippen LogP contribution is 2.47. The van der Waals surface area contributed by atoms with Gasteiger partial charge in [0.05, 0.1) is 12.3 Å². The number of amides is 1. The van der Waals surface area contributed by atoms with Crippen molar-refractivity contribution in [3.8, 4) is 0 Å². The first-order valence-corrected chi connectivity index (χ1v) is 10.8. The Morgan fingerprint density at radius 2 is 2.00 bits per heavy atom. The average molecular weight is 455 g/mol. The molecule has 2 aliphatic rings. The summed E-state index contributed by atoms with van der Waals surface area (Å²) in [5, 5.41) is 12.8. The number of aryl methyl sites for hydroxylation is 1. The maximum atomic E-state index is 12.3. The fourth-order valence-corrected chi connectivity index (χ4v) is 4.76. The van der Waals surface area contributed by atoms with Crippen molar-refractivity contribution >= 4 is 27.8 Å². The van der Waals surface area contributed by atoms with E-state index in [2.05, 4.69) is 36.1 Å². The summed E-state index contributed by atoms with van der Waals surface area (Å²) in [6.07, 6.45) is 4.89. The van der Waals surface area contributed by atoms with Crippen molar-refractivity contribution in [3.63, 3.8) is 0 Å². The third kappa shape index (κ3) is 4.59. The molecular formula is C20H31BrN4O3. The third-order valence-electron chi connectivity index (χ3n) is 5.87. The van der Waals surface area contributed by atoms with E-state index >= 15 is 0 Å². The molecule has 0 unspecified atom stereocenters. The molecule has 28 heavy (non-hydrogen) atoms. The zero-order valence-corrected chi connectivity index (χ0v) is 18.8. The van der Waals surface area contributed by atoms with Gasteiger partial charge in [0.1, 0.15) is 15.9 Å². The lowest BCUT2D eigenvalue weighted by atomic mass is 9.74. The van der Waals surface area contributed by atoms with Crippen LogP contribution in [0.25, 0.3) is 0 Å².